The van der Waals surface area contributed by atoms with Crippen molar-refractivity contribution in [3.63, 3.8) is 0 Å². The molecule has 0 radical (unpaired) electrons. The molecule has 0 nitrogen and oxygen atoms in total. The van der Waals surface area contributed by atoms with E-state index < -0.39 is 0 Å². The molecule has 1 aromatic carbocycles. The van der Waals surface area contributed by atoms with E-state index in [0.29, 0.717) is 0 Å². The van der Waals surface area contributed by atoms with Gasteiger partial charge in [0.05, 0.1) is 0 Å². The van der Waals surface area contributed by atoms with Gasteiger partial charge < -0.3 is 0 Å². The van der Waals surface area contributed by atoms with Gasteiger partial charge in [-0.05, 0) is 34.6 Å². The fourth-order valence-electron chi connectivity index (χ4n) is 2.00. The van der Waals surface area contributed by atoms with Crippen molar-refractivity contribution in [2.45, 2.75) is 27.7 Å². The van der Waals surface area contributed by atoms with Gasteiger partial charge in [-0.2, -0.15) is 0 Å². The van der Waals surface area contributed by atoms with Crippen LogP contribution in [-0.4, -0.2) is 0 Å². The van der Waals surface area contributed by atoms with Crippen molar-refractivity contribution < 1.29 is 0 Å². The first kappa shape index (κ1) is 11.9. The van der Waals surface area contributed by atoms with Crippen LogP contribution in [0.1, 0.15) is 33.3 Å². The Morgan fingerprint density at radius 3 is 2.12 bits per heavy atom. The summed E-state index contributed by atoms with van der Waals surface area (Å²) in [7, 11) is 0. The smallest absolute Gasteiger partial charge is 0.0132 e. The quantitative estimate of drug-likeness (QED) is 0.629. The zero-order chi connectivity index (χ0) is 12.5. The van der Waals surface area contributed by atoms with E-state index in [-0.39, 0.29) is 5.41 Å². The summed E-state index contributed by atoms with van der Waals surface area (Å²) in [4.78, 5) is 0. The second-order valence-corrected chi connectivity index (χ2v) is 5.63. The maximum absolute atomic E-state index is 2.31. The van der Waals surface area contributed by atoms with Crippen LogP contribution >= 0.6 is 0 Å². The number of allylic oxidation sites excluding steroid dienone is 6. The first-order valence-electron chi connectivity index (χ1n) is 6.15. The molecule has 88 valence electrons. The normalized spacial score (nSPS) is 18.2. The van der Waals surface area contributed by atoms with Crippen molar-refractivity contribution in [1.29, 1.82) is 0 Å². The van der Waals surface area contributed by atoms with E-state index in [1.807, 2.05) is 0 Å². The molecule has 17 heavy (non-hydrogen) atoms. The summed E-state index contributed by atoms with van der Waals surface area (Å²) >= 11 is 0. The lowest BCUT2D eigenvalue weighted by atomic mass is 9.87. The molecular formula is C17H20. The van der Waals surface area contributed by atoms with Crippen molar-refractivity contribution in [1.82, 2.24) is 0 Å². The number of hydrogen-bond acceptors (Lipinski definition) is 0. The first-order valence-corrected chi connectivity index (χ1v) is 6.15. The SMILES string of the molecule is C/C(=C1/C=CC(C(C)(C)C)=C1)c1ccccc1. The van der Waals surface area contributed by atoms with Crippen molar-refractivity contribution in [2.24, 2.45) is 5.41 Å². The van der Waals surface area contributed by atoms with E-state index in [4.69, 9.17) is 0 Å². The molecule has 0 unspecified atom stereocenters. The van der Waals surface area contributed by atoms with Crippen LogP contribution in [0.5, 0.6) is 0 Å². The standard InChI is InChI=1S/C17H20/c1-13(14-8-6-5-7-9-14)15-10-11-16(12-15)17(2,3)4/h5-12H,1-4H3/b15-13+. The van der Waals surface area contributed by atoms with Gasteiger partial charge in [0.1, 0.15) is 0 Å². The van der Waals surface area contributed by atoms with Gasteiger partial charge in [-0.25, -0.2) is 0 Å². The average molecular weight is 224 g/mol. The molecule has 0 saturated heterocycles. The van der Waals surface area contributed by atoms with Crippen molar-refractivity contribution in [3.05, 3.63) is 65.3 Å². The van der Waals surface area contributed by atoms with Gasteiger partial charge in [-0.3, -0.25) is 0 Å². The highest BCUT2D eigenvalue weighted by atomic mass is 14.2. The maximum atomic E-state index is 2.31. The third-order valence-electron chi connectivity index (χ3n) is 3.26. The molecule has 0 spiro atoms. The van der Waals surface area contributed by atoms with E-state index in [1.54, 1.807) is 0 Å². The van der Waals surface area contributed by atoms with E-state index in [0.717, 1.165) is 0 Å². The highest BCUT2D eigenvalue weighted by Gasteiger charge is 2.18. The monoisotopic (exact) mass is 224 g/mol. The predicted octanol–water partition coefficient (Wildman–Crippen LogP) is 5.00. The zero-order valence-corrected chi connectivity index (χ0v) is 11.1. The van der Waals surface area contributed by atoms with Gasteiger partial charge >= 0.3 is 0 Å². The largest absolute Gasteiger partial charge is 0.0622 e. The Morgan fingerprint density at radius 1 is 0.941 bits per heavy atom. The van der Waals surface area contributed by atoms with Gasteiger partial charge in [-0.1, -0.05) is 69.3 Å². The summed E-state index contributed by atoms with van der Waals surface area (Å²) < 4.78 is 0. The molecule has 0 heterocycles. The van der Waals surface area contributed by atoms with Crippen molar-refractivity contribution in [2.75, 3.05) is 0 Å². The molecule has 0 N–H and O–H groups in total. The number of rotatable bonds is 1. The molecule has 0 fully saturated rings. The Kier molecular flexibility index (Phi) is 3.06. The molecule has 1 aromatic rings. The number of benzene rings is 1. The van der Waals surface area contributed by atoms with Crippen LogP contribution < -0.4 is 0 Å². The van der Waals surface area contributed by atoms with Crippen LogP contribution in [0, 0.1) is 5.41 Å². The van der Waals surface area contributed by atoms with E-state index >= 15 is 0 Å². The molecule has 0 amide bonds. The van der Waals surface area contributed by atoms with Crippen LogP contribution in [0.3, 0.4) is 0 Å². The molecule has 0 aromatic heterocycles. The minimum Gasteiger partial charge on any atom is -0.0622 e. The molecule has 0 bridgehead atoms. The van der Waals surface area contributed by atoms with Crippen molar-refractivity contribution >= 4 is 5.57 Å². The van der Waals surface area contributed by atoms with E-state index in [1.165, 1.54) is 22.3 Å². The van der Waals surface area contributed by atoms with E-state index in [9.17, 15) is 0 Å². The van der Waals surface area contributed by atoms with E-state index in [2.05, 4.69) is 76.3 Å². The third kappa shape index (κ3) is 2.58. The third-order valence-corrected chi connectivity index (χ3v) is 3.26. The second-order valence-electron chi connectivity index (χ2n) is 5.63. The molecule has 0 atom stereocenters. The predicted molar refractivity (Wildman–Crippen MR) is 75.7 cm³/mol. The summed E-state index contributed by atoms with van der Waals surface area (Å²) in [5.74, 6) is 0. The first-order chi connectivity index (χ1) is 7.98. The molecule has 1 aliphatic rings. The highest BCUT2D eigenvalue weighted by molar-refractivity contribution is 5.74. The second kappa shape index (κ2) is 4.37. The highest BCUT2D eigenvalue weighted by Crippen LogP contribution is 2.34. The molecular weight excluding hydrogens is 204 g/mol. The lowest BCUT2D eigenvalue weighted by Gasteiger charge is -2.18. The van der Waals surface area contributed by atoms with Crippen LogP contribution in [0.15, 0.2) is 59.7 Å². The maximum Gasteiger partial charge on any atom is -0.0132 e. The summed E-state index contributed by atoms with van der Waals surface area (Å²) in [5.41, 5.74) is 5.62. The summed E-state index contributed by atoms with van der Waals surface area (Å²) in [5, 5.41) is 0. The van der Waals surface area contributed by atoms with Gasteiger partial charge in [-0.15, -0.1) is 0 Å². The Balaban J connectivity index is 2.38. The molecule has 2 rings (SSSR count). The molecule has 1 aliphatic carbocycles. The van der Waals surface area contributed by atoms with Crippen molar-refractivity contribution in [3.8, 4) is 0 Å². The molecule has 0 heteroatoms. The van der Waals surface area contributed by atoms with Gasteiger partial charge in [0.15, 0.2) is 0 Å². The summed E-state index contributed by atoms with van der Waals surface area (Å²) in [6.07, 6.45) is 6.77. The summed E-state index contributed by atoms with van der Waals surface area (Å²) in [6, 6.07) is 10.6. The zero-order valence-electron chi connectivity index (χ0n) is 11.1. The van der Waals surface area contributed by atoms with Gasteiger partial charge in [0.25, 0.3) is 0 Å². The van der Waals surface area contributed by atoms with Gasteiger partial charge in [0.2, 0.25) is 0 Å². The van der Waals surface area contributed by atoms with Gasteiger partial charge in [0, 0.05) is 0 Å². The average Bonchev–Trinajstić information content (AvgIpc) is 2.78. The van der Waals surface area contributed by atoms with Crippen LogP contribution in [-0.2, 0) is 0 Å². The van der Waals surface area contributed by atoms with Crippen LogP contribution in [0.4, 0.5) is 0 Å². The molecule has 0 aliphatic heterocycles. The minimum atomic E-state index is 0.231. The Morgan fingerprint density at radius 2 is 1.59 bits per heavy atom. The summed E-state index contributed by atoms with van der Waals surface area (Å²) in [6.45, 7) is 8.95. The minimum absolute atomic E-state index is 0.231. The molecule has 0 saturated carbocycles. The Hall–Kier alpha value is -1.56. The lowest BCUT2D eigenvalue weighted by Crippen LogP contribution is -2.05. The Labute approximate surface area is 104 Å². The van der Waals surface area contributed by atoms with Crippen LogP contribution in [0.2, 0.25) is 0 Å². The van der Waals surface area contributed by atoms with Crippen LogP contribution in [0.25, 0.3) is 5.57 Å². The fourth-order valence-corrected chi connectivity index (χ4v) is 2.00. The lowest BCUT2D eigenvalue weighted by molar-refractivity contribution is 0.518. The number of hydrogen-bond donors (Lipinski definition) is 0. The fraction of sp³-hybridized carbons (Fsp3) is 0.294. The Bertz CT molecular complexity index is 491. The topological polar surface area (TPSA) is 0 Å².